The van der Waals surface area contributed by atoms with Gasteiger partial charge in [0.05, 0.1) is 0 Å². The monoisotopic (exact) mass is 522 g/mol. The Hall–Kier alpha value is -4.28. The number of ether oxygens (including phenoxy) is 1. The number of alkyl halides is 3. The van der Waals surface area contributed by atoms with Crippen molar-refractivity contribution in [3.8, 4) is 39.4 Å². The molecule has 4 rings (SSSR count). The first-order chi connectivity index (χ1) is 17.4. The Bertz CT molecular complexity index is 1450. The predicted octanol–water partition coefficient (Wildman–Crippen LogP) is 8.42. The summed E-state index contributed by atoms with van der Waals surface area (Å²) in [5.74, 6) is -7.68. The summed E-state index contributed by atoms with van der Waals surface area (Å²) in [5.41, 5.74) is 0.819. The van der Waals surface area contributed by atoms with Gasteiger partial charge >= 0.3 is 6.36 Å². The average Bonchev–Trinajstić information content (AvgIpc) is 2.85. The molecule has 0 aliphatic heterocycles. The maximum atomic E-state index is 14.8. The quantitative estimate of drug-likeness (QED) is 0.247. The summed E-state index contributed by atoms with van der Waals surface area (Å²) >= 11 is 0. The summed E-state index contributed by atoms with van der Waals surface area (Å²) in [6, 6.07) is 10.5. The van der Waals surface area contributed by atoms with Gasteiger partial charge in [-0.05, 0) is 36.2 Å². The highest BCUT2D eigenvalue weighted by molar-refractivity contribution is 5.71. The molecule has 0 saturated heterocycles. The minimum absolute atomic E-state index is 0.0686. The van der Waals surface area contributed by atoms with Crippen molar-refractivity contribution in [3.05, 3.63) is 95.8 Å². The highest BCUT2D eigenvalue weighted by atomic mass is 19.4. The Labute approximate surface area is 204 Å². The van der Waals surface area contributed by atoms with Crippen molar-refractivity contribution >= 4 is 5.83 Å². The number of nitrogens with zero attached hydrogens (tertiary/aromatic N) is 2. The normalized spacial score (nSPS) is 12.4. The summed E-state index contributed by atoms with van der Waals surface area (Å²) in [6.07, 6.45) is -2.45. The lowest BCUT2D eigenvalue weighted by atomic mass is 10.0. The van der Waals surface area contributed by atoms with Crippen LogP contribution in [0, 0.1) is 17.5 Å². The third-order valence-corrected chi connectivity index (χ3v) is 5.18. The minimum atomic E-state index is -5.31. The third-order valence-electron chi connectivity index (χ3n) is 5.18. The smallest absolute Gasteiger partial charge is 0.399 e. The highest BCUT2D eigenvalue weighted by Gasteiger charge is 2.34. The van der Waals surface area contributed by atoms with E-state index < -0.39 is 41.2 Å². The lowest BCUT2D eigenvalue weighted by Gasteiger charge is -2.12. The van der Waals surface area contributed by atoms with Gasteiger partial charge in [-0.25, -0.2) is 31.9 Å². The molecule has 0 aliphatic rings. The van der Waals surface area contributed by atoms with Crippen LogP contribution in [0.4, 0.5) is 35.1 Å². The standard InChI is InChI=1S/C26H14F8N2O/c1-13(27)23(31)15-4-2-14(3-5-15)18-11-35-25(36-12-18)16-6-7-19(20(28)8-16)17-9-21(29)24(22(30)10-17)37-26(32,33)34/h2-12H,1H3/b23-13+. The summed E-state index contributed by atoms with van der Waals surface area (Å²) in [7, 11) is 0. The molecule has 0 spiro atoms. The van der Waals surface area contributed by atoms with Crippen LogP contribution in [-0.4, -0.2) is 16.3 Å². The molecule has 0 radical (unpaired) electrons. The van der Waals surface area contributed by atoms with Crippen molar-refractivity contribution < 1.29 is 39.9 Å². The zero-order valence-electron chi connectivity index (χ0n) is 18.7. The fourth-order valence-corrected chi connectivity index (χ4v) is 3.45. The van der Waals surface area contributed by atoms with Crippen LogP contribution in [-0.2, 0) is 0 Å². The molecule has 4 aromatic rings. The first-order valence-corrected chi connectivity index (χ1v) is 10.4. The van der Waals surface area contributed by atoms with Crippen molar-refractivity contribution in [2.45, 2.75) is 13.3 Å². The van der Waals surface area contributed by atoms with Gasteiger partial charge in [0.2, 0.25) is 5.75 Å². The van der Waals surface area contributed by atoms with E-state index in [0.29, 0.717) is 23.3 Å². The molecule has 1 aromatic heterocycles. The second-order valence-corrected chi connectivity index (χ2v) is 7.73. The predicted molar refractivity (Wildman–Crippen MR) is 120 cm³/mol. The molecule has 11 heteroatoms. The van der Waals surface area contributed by atoms with Gasteiger partial charge in [0, 0.05) is 34.6 Å². The van der Waals surface area contributed by atoms with Crippen LogP contribution in [0.3, 0.4) is 0 Å². The lowest BCUT2D eigenvalue weighted by molar-refractivity contribution is -0.276. The minimum Gasteiger partial charge on any atom is -0.399 e. The molecule has 190 valence electrons. The lowest BCUT2D eigenvalue weighted by Crippen LogP contribution is -2.19. The van der Waals surface area contributed by atoms with Crippen LogP contribution < -0.4 is 4.74 Å². The third kappa shape index (κ3) is 5.76. The van der Waals surface area contributed by atoms with E-state index in [0.717, 1.165) is 13.0 Å². The Morgan fingerprint density at radius 3 is 1.76 bits per heavy atom. The number of hydrogen-bond acceptors (Lipinski definition) is 3. The van der Waals surface area contributed by atoms with Crippen LogP contribution in [0.15, 0.2) is 72.8 Å². The average molecular weight is 522 g/mol. The van der Waals surface area contributed by atoms with Crippen molar-refractivity contribution in [2.24, 2.45) is 0 Å². The van der Waals surface area contributed by atoms with Gasteiger partial charge in [-0.15, -0.1) is 13.2 Å². The van der Waals surface area contributed by atoms with Crippen LogP contribution in [0.1, 0.15) is 12.5 Å². The molecule has 0 atom stereocenters. The summed E-state index contributed by atoms with van der Waals surface area (Å²) < 4.78 is 110. The van der Waals surface area contributed by atoms with E-state index in [-0.39, 0.29) is 28.1 Å². The fraction of sp³-hybridized carbons (Fsp3) is 0.0769. The molecule has 0 amide bonds. The summed E-state index contributed by atoms with van der Waals surface area (Å²) in [6.45, 7) is 1.00. The van der Waals surface area contributed by atoms with E-state index in [4.69, 9.17) is 0 Å². The molecular formula is C26H14F8N2O. The molecule has 0 saturated carbocycles. The van der Waals surface area contributed by atoms with Crippen molar-refractivity contribution in [3.63, 3.8) is 0 Å². The van der Waals surface area contributed by atoms with Gasteiger partial charge < -0.3 is 4.74 Å². The molecular weight excluding hydrogens is 508 g/mol. The number of hydrogen-bond donors (Lipinski definition) is 0. The number of benzene rings is 3. The Balaban J connectivity index is 1.58. The van der Waals surface area contributed by atoms with Crippen molar-refractivity contribution in [2.75, 3.05) is 0 Å². The number of halogens is 8. The second kappa shape index (κ2) is 10.00. The number of rotatable bonds is 5. The zero-order chi connectivity index (χ0) is 26.9. The Kier molecular flexibility index (Phi) is 6.97. The van der Waals surface area contributed by atoms with Crippen molar-refractivity contribution in [1.82, 2.24) is 9.97 Å². The second-order valence-electron chi connectivity index (χ2n) is 7.73. The summed E-state index contributed by atoms with van der Waals surface area (Å²) in [5, 5.41) is 0. The van der Waals surface area contributed by atoms with Gasteiger partial charge in [-0.3, -0.25) is 0 Å². The largest absolute Gasteiger partial charge is 0.573 e. The maximum Gasteiger partial charge on any atom is 0.573 e. The molecule has 0 bridgehead atoms. The summed E-state index contributed by atoms with van der Waals surface area (Å²) in [4.78, 5) is 8.33. The molecule has 0 N–H and O–H groups in total. The van der Waals surface area contributed by atoms with Gasteiger partial charge in [-0.1, -0.05) is 36.4 Å². The molecule has 3 aromatic carbocycles. The fourth-order valence-electron chi connectivity index (χ4n) is 3.45. The first kappa shape index (κ1) is 25.8. The Morgan fingerprint density at radius 2 is 1.24 bits per heavy atom. The molecule has 0 unspecified atom stereocenters. The van der Waals surface area contributed by atoms with E-state index in [1.165, 1.54) is 36.7 Å². The van der Waals surface area contributed by atoms with E-state index in [2.05, 4.69) is 14.7 Å². The number of aromatic nitrogens is 2. The van der Waals surface area contributed by atoms with Gasteiger partial charge in [0.1, 0.15) is 11.6 Å². The van der Waals surface area contributed by atoms with E-state index in [1.54, 1.807) is 12.1 Å². The van der Waals surface area contributed by atoms with Crippen molar-refractivity contribution in [1.29, 1.82) is 0 Å². The SMILES string of the molecule is C/C(F)=C(\F)c1ccc(-c2cnc(-c3ccc(-c4cc(F)c(OC(F)(F)F)c(F)c4)c(F)c3)nc2)cc1. The van der Waals surface area contributed by atoms with Gasteiger partial charge in [0.25, 0.3) is 0 Å². The maximum absolute atomic E-state index is 14.8. The topological polar surface area (TPSA) is 35.0 Å². The zero-order valence-corrected chi connectivity index (χ0v) is 18.7. The first-order valence-electron chi connectivity index (χ1n) is 10.4. The highest BCUT2D eigenvalue weighted by Crippen LogP contribution is 2.34. The molecule has 3 nitrogen and oxygen atoms in total. The Morgan fingerprint density at radius 1 is 0.703 bits per heavy atom. The van der Waals surface area contributed by atoms with E-state index >= 15 is 0 Å². The molecule has 0 fully saturated rings. The van der Waals surface area contributed by atoms with Crippen LogP contribution in [0.5, 0.6) is 5.75 Å². The van der Waals surface area contributed by atoms with Crippen LogP contribution >= 0.6 is 0 Å². The molecule has 0 aliphatic carbocycles. The van der Waals surface area contributed by atoms with Gasteiger partial charge in [0.15, 0.2) is 23.3 Å². The van der Waals surface area contributed by atoms with Gasteiger partial charge in [-0.2, -0.15) is 0 Å². The molecule has 1 heterocycles. The van der Waals surface area contributed by atoms with Crippen LogP contribution in [0.25, 0.3) is 39.5 Å². The number of allylic oxidation sites excluding steroid dienone is 1. The van der Waals surface area contributed by atoms with Crippen LogP contribution in [0.2, 0.25) is 0 Å². The van der Waals surface area contributed by atoms with E-state index in [9.17, 15) is 35.1 Å². The molecule has 37 heavy (non-hydrogen) atoms. The van der Waals surface area contributed by atoms with E-state index in [1.807, 2.05) is 0 Å².